The summed E-state index contributed by atoms with van der Waals surface area (Å²) in [6.07, 6.45) is -2.53. The Labute approximate surface area is 213 Å². The van der Waals surface area contributed by atoms with Gasteiger partial charge in [-0.15, -0.1) is 0 Å². The van der Waals surface area contributed by atoms with Gasteiger partial charge < -0.3 is 24.6 Å². The zero-order valence-electron chi connectivity index (χ0n) is 19.9. The molecule has 0 saturated heterocycles. The number of hydrogen-bond donors (Lipinski definition) is 3. The maximum Gasteiger partial charge on any atom is 0.326 e. The summed E-state index contributed by atoms with van der Waals surface area (Å²) in [5.41, 5.74) is 1.58. The molecule has 0 aliphatic heterocycles. The van der Waals surface area contributed by atoms with Crippen LogP contribution < -0.4 is 5.32 Å². The molecule has 0 radical (unpaired) electrons. The molecule has 0 spiro atoms. The van der Waals surface area contributed by atoms with Crippen LogP contribution in [0.25, 0.3) is 11.1 Å². The lowest BCUT2D eigenvalue weighted by molar-refractivity contribution is -0.183. The molecule has 12 heteroatoms. The molecule has 0 bridgehead atoms. The van der Waals surface area contributed by atoms with E-state index < -0.39 is 62.1 Å². The van der Waals surface area contributed by atoms with Crippen molar-refractivity contribution in [3.63, 3.8) is 0 Å². The summed E-state index contributed by atoms with van der Waals surface area (Å²) in [7, 11) is -4.39. The molecule has 3 unspecified atom stereocenters. The zero-order chi connectivity index (χ0) is 27.0. The van der Waals surface area contributed by atoms with Gasteiger partial charge in [-0.05, 0) is 29.3 Å². The number of halogens is 2. The summed E-state index contributed by atoms with van der Waals surface area (Å²) < 4.78 is 35.2. The molecule has 0 aromatic heterocycles. The topological polar surface area (TPSA) is 139 Å². The van der Waals surface area contributed by atoms with Crippen molar-refractivity contribution in [3.05, 3.63) is 58.9 Å². The van der Waals surface area contributed by atoms with Gasteiger partial charge in [-0.1, -0.05) is 42.8 Å². The van der Waals surface area contributed by atoms with E-state index in [-0.39, 0.29) is 6.42 Å². The fourth-order valence-electron chi connectivity index (χ4n) is 3.47. The minimum atomic E-state index is -4.39. The number of amides is 1. The van der Waals surface area contributed by atoms with Crippen molar-refractivity contribution < 1.29 is 42.6 Å². The Morgan fingerprint density at radius 1 is 1.08 bits per heavy atom. The lowest BCUT2D eigenvalue weighted by atomic mass is 9.89. The highest BCUT2D eigenvalue weighted by atomic mass is 35.5. The first-order chi connectivity index (χ1) is 16.7. The molecule has 0 aliphatic carbocycles. The van der Waals surface area contributed by atoms with Crippen LogP contribution >= 0.6 is 19.2 Å². The summed E-state index contributed by atoms with van der Waals surface area (Å²) in [6, 6.07) is 10.2. The van der Waals surface area contributed by atoms with Crippen molar-refractivity contribution >= 4 is 37.0 Å². The molecule has 3 N–H and O–H groups in total. The molecule has 0 fully saturated rings. The van der Waals surface area contributed by atoms with Crippen LogP contribution in [0.2, 0.25) is 5.02 Å². The average Bonchev–Trinajstić information content (AvgIpc) is 2.77. The largest absolute Gasteiger partial charge is 0.426 e. The number of hydrogen-bond acceptors (Lipinski definition) is 6. The molecule has 1 amide bonds. The summed E-state index contributed by atoms with van der Waals surface area (Å²) >= 11 is 5.98. The number of carbonyl (C=O) groups excluding carboxylic acids is 3. The summed E-state index contributed by atoms with van der Waals surface area (Å²) in [4.78, 5) is 53.9. The molecule has 2 rings (SSSR count). The van der Waals surface area contributed by atoms with Gasteiger partial charge in [0.15, 0.2) is 0 Å². The molecule has 0 heterocycles. The second kappa shape index (κ2) is 13.0. The van der Waals surface area contributed by atoms with Crippen molar-refractivity contribution in [2.45, 2.75) is 51.9 Å². The van der Waals surface area contributed by atoms with E-state index in [0.29, 0.717) is 21.7 Å². The van der Waals surface area contributed by atoms with E-state index in [1.165, 1.54) is 25.1 Å². The molecule has 0 saturated carbocycles. The number of carbonyl (C=O) groups is 3. The average molecular weight is 544 g/mol. The Kier molecular flexibility index (Phi) is 10.6. The van der Waals surface area contributed by atoms with Crippen molar-refractivity contribution in [2.24, 2.45) is 0 Å². The smallest absolute Gasteiger partial charge is 0.326 e. The van der Waals surface area contributed by atoms with E-state index in [0.717, 1.165) is 6.92 Å². The quantitative estimate of drug-likeness (QED) is 0.218. The Bertz CT molecular complexity index is 1140. The molecule has 2 aromatic carbocycles. The second-order valence-electron chi connectivity index (χ2n) is 8.22. The van der Waals surface area contributed by atoms with E-state index in [1.807, 2.05) is 0 Å². The van der Waals surface area contributed by atoms with Gasteiger partial charge in [0.05, 0.1) is 12.6 Å². The highest BCUT2D eigenvalue weighted by Gasteiger charge is 2.27. The number of ether oxygens (including phenoxy) is 2. The first-order valence-electron chi connectivity index (χ1n) is 11.0. The lowest BCUT2D eigenvalue weighted by Crippen LogP contribution is -2.41. The van der Waals surface area contributed by atoms with Gasteiger partial charge in [0.2, 0.25) is 12.2 Å². The highest BCUT2D eigenvalue weighted by Crippen LogP contribution is 2.35. The fourth-order valence-corrected chi connectivity index (χ4v) is 4.13. The summed E-state index contributed by atoms with van der Waals surface area (Å²) in [6.45, 7) is 4.27. The minimum Gasteiger partial charge on any atom is -0.426 e. The normalized spacial score (nSPS) is 13.9. The van der Waals surface area contributed by atoms with Crippen LogP contribution in [-0.2, 0) is 28.4 Å². The van der Waals surface area contributed by atoms with Gasteiger partial charge in [0.25, 0.3) is 0 Å². The van der Waals surface area contributed by atoms with Crippen molar-refractivity contribution in [3.8, 4) is 11.1 Å². The second-order valence-corrected chi connectivity index (χ2v) is 10.4. The molecular weight excluding hydrogens is 516 g/mol. The van der Waals surface area contributed by atoms with Crippen molar-refractivity contribution in [1.29, 1.82) is 0 Å². The number of benzene rings is 2. The van der Waals surface area contributed by atoms with Crippen LogP contribution in [-0.4, -0.2) is 46.1 Å². The molecular formula is C24H28ClFNO8P. The van der Waals surface area contributed by atoms with Crippen LogP contribution in [0.5, 0.6) is 0 Å². The van der Waals surface area contributed by atoms with Crippen LogP contribution in [0.15, 0.2) is 42.5 Å². The maximum absolute atomic E-state index is 14.2. The first-order valence-corrected chi connectivity index (χ1v) is 13.2. The van der Waals surface area contributed by atoms with Crippen molar-refractivity contribution in [2.75, 3.05) is 6.16 Å². The lowest BCUT2D eigenvalue weighted by Gasteiger charge is -2.26. The van der Waals surface area contributed by atoms with E-state index in [2.05, 4.69) is 5.32 Å². The third kappa shape index (κ3) is 9.70. The van der Waals surface area contributed by atoms with Crippen LogP contribution in [0.1, 0.15) is 45.1 Å². The SMILES string of the molecule is CC(=O)OC(C)OC(=O)CC(NC(=O)CCP(=O)(O)O)C(C)c1ccc(-c2cc(Cl)ccc2F)cc1. The number of nitrogens with one attached hydrogen (secondary N) is 1. The highest BCUT2D eigenvalue weighted by molar-refractivity contribution is 7.51. The van der Waals surface area contributed by atoms with Crippen LogP contribution in [0, 0.1) is 5.82 Å². The number of esters is 2. The van der Waals surface area contributed by atoms with Gasteiger partial charge >= 0.3 is 19.5 Å². The Morgan fingerprint density at radius 2 is 1.72 bits per heavy atom. The van der Waals surface area contributed by atoms with E-state index in [9.17, 15) is 23.3 Å². The molecule has 9 nitrogen and oxygen atoms in total. The van der Waals surface area contributed by atoms with E-state index in [1.54, 1.807) is 31.2 Å². The fraction of sp³-hybridized carbons (Fsp3) is 0.375. The van der Waals surface area contributed by atoms with Gasteiger partial charge in [0, 0.05) is 42.8 Å². The van der Waals surface area contributed by atoms with Crippen LogP contribution in [0.3, 0.4) is 0 Å². The molecule has 0 aliphatic rings. The summed E-state index contributed by atoms with van der Waals surface area (Å²) in [5.74, 6) is -2.96. The minimum absolute atomic E-state index is 0.306. The standard InChI is InChI=1S/C24H28ClFNO8P/c1-14(17-4-6-18(7-5-17)20-12-19(25)8-9-21(20)26)22(27-23(29)10-11-36(31,32)33)13-24(30)35-16(3)34-15(2)28/h4-9,12,14,16,22H,10-11,13H2,1-3H3,(H,27,29)(H2,31,32,33). The predicted octanol–water partition coefficient (Wildman–Crippen LogP) is 4.14. The first kappa shape index (κ1) is 29.5. The Morgan fingerprint density at radius 3 is 2.31 bits per heavy atom. The molecule has 3 atom stereocenters. The monoisotopic (exact) mass is 543 g/mol. The van der Waals surface area contributed by atoms with Gasteiger partial charge in [0.1, 0.15) is 5.82 Å². The summed E-state index contributed by atoms with van der Waals surface area (Å²) in [5, 5.41) is 3.01. The zero-order valence-corrected chi connectivity index (χ0v) is 21.6. The Balaban J connectivity index is 2.22. The van der Waals surface area contributed by atoms with Gasteiger partial charge in [-0.3, -0.25) is 18.9 Å². The number of rotatable bonds is 11. The van der Waals surface area contributed by atoms with Crippen LogP contribution in [0.4, 0.5) is 4.39 Å². The van der Waals surface area contributed by atoms with Gasteiger partial charge in [-0.25, -0.2) is 4.39 Å². The predicted molar refractivity (Wildman–Crippen MR) is 131 cm³/mol. The third-order valence-corrected chi connectivity index (χ3v) is 6.31. The van der Waals surface area contributed by atoms with E-state index in [4.69, 9.17) is 30.9 Å². The maximum atomic E-state index is 14.2. The van der Waals surface area contributed by atoms with Gasteiger partial charge in [-0.2, -0.15) is 0 Å². The Hall–Kier alpha value is -2.78. The molecule has 36 heavy (non-hydrogen) atoms. The molecule has 196 valence electrons. The third-order valence-electron chi connectivity index (χ3n) is 5.27. The molecule has 2 aromatic rings. The van der Waals surface area contributed by atoms with E-state index >= 15 is 0 Å². The van der Waals surface area contributed by atoms with Crippen molar-refractivity contribution in [1.82, 2.24) is 5.32 Å².